The van der Waals surface area contributed by atoms with Gasteiger partial charge in [0, 0.05) is 29.0 Å². The SMILES string of the molecule is O=C(O)c1oc2ccccc2c1CSC1NCCS1. The second-order valence-electron chi connectivity index (χ2n) is 4.18. The van der Waals surface area contributed by atoms with Gasteiger partial charge in [-0.05, 0) is 6.07 Å². The van der Waals surface area contributed by atoms with Crippen LogP contribution in [0.2, 0.25) is 0 Å². The first-order valence-electron chi connectivity index (χ1n) is 5.96. The summed E-state index contributed by atoms with van der Waals surface area (Å²) in [7, 11) is 0. The number of thioether (sulfide) groups is 2. The minimum atomic E-state index is -1.00. The highest BCUT2D eigenvalue weighted by molar-refractivity contribution is 8.16. The highest BCUT2D eigenvalue weighted by Crippen LogP contribution is 2.33. The zero-order valence-electron chi connectivity index (χ0n) is 10.1. The predicted octanol–water partition coefficient (Wildman–Crippen LogP) is 2.98. The number of fused-ring (bicyclic) bond motifs is 1. The van der Waals surface area contributed by atoms with Crippen LogP contribution in [0.4, 0.5) is 0 Å². The first-order chi connectivity index (χ1) is 9.25. The van der Waals surface area contributed by atoms with Gasteiger partial charge in [-0.25, -0.2) is 4.79 Å². The Kier molecular flexibility index (Phi) is 3.72. The number of para-hydroxylation sites is 1. The van der Waals surface area contributed by atoms with Gasteiger partial charge in [-0.3, -0.25) is 5.32 Å². The molecule has 0 spiro atoms. The summed E-state index contributed by atoms with van der Waals surface area (Å²) < 4.78 is 5.78. The minimum Gasteiger partial charge on any atom is -0.475 e. The van der Waals surface area contributed by atoms with Crippen LogP contribution in [-0.2, 0) is 5.75 Å². The smallest absolute Gasteiger partial charge is 0.372 e. The molecule has 1 unspecified atom stereocenters. The van der Waals surface area contributed by atoms with Gasteiger partial charge in [0.05, 0.1) is 0 Å². The van der Waals surface area contributed by atoms with E-state index in [1.807, 2.05) is 30.0 Å². The number of carboxylic acid groups (broad SMARTS) is 1. The summed E-state index contributed by atoms with van der Waals surface area (Å²) in [5.41, 5.74) is 1.42. The van der Waals surface area contributed by atoms with Crippen LogP contribution in [0.15, 0.2) is 28.7 Å². The highest BCUT2D eigenvalue weighted by Gasteiger charge is 2.22. The van der Waals surface area contributed by atoms with E-state index in [0.717, 1.165) is 23.2 Å². The fraction of sp³-hybridized carbons (Fsp3) is 0.308. The lowest BCUT2D eigenvalue weighted by Crippen LogP contribution is -2.16. The summed E-state index contributed by atoms with van der Waals surface area (Å²) >= 11 is 3.57. The van der Waals surface area contributed by atoms with Crippen LogP contribution >= 0.6 is 23.5 Å². The molecule has 1 aromatic carbocycles. The Morgan fingerprint density at radius 3 is 3.11 bits per heavy atom. The van der Waals surface area contributed by atoms with E-state index >= 15 is 0 Å². The van der Waals surface area contributed by atoms with Crippen molar-refractivity contribution in [1.29, 1.82) is 0 Å². The van der Waals surface area contributed by atoms with Crippen LogP contribution in [0.25, 0.3) is 11.0 Å². The van der Waals surface area contributed by atoms with Crippen molar-refractivity contribution >= 4 is 40.5 Å². The fourth-order valence-electron chi connectivity index (χ4n) is 2.08. The average Bonchev–Trinajstić information content (AvgIpc) is 3.03. The lowest BCUT2D eigenvalue weighted by Gasteiger charge is -2.08. The Labute approximate surface area is 118 Å². The van der Waals surface area contributed by atoms with E-state index in [2.05, 4.69) is 5.32 Å². The van der Waals surface area contributed by atoms with Gasteiger partial charge in [0.2, 0.25) is 5.76 Å². The molecule has 3 rings (SSSR count). The van der Waals surface area contributed by atoms with Gasteiger partial charge < -0.3 is 9.52 Å². The molecule has 1 fully saturated rings. The summed E-state index contributed by atoms with van der Waals surface area (Å²) in [4.78, 5) is 11.3. The van der Waals surface area contributed by atoms with E-state index in [-0.39, 0.29) is 5.76 Å². The molecule has 6 heteroatoms. The number of hydrogen-bond donors (Lipinski definition) is 2. The standard InChI is InChI=1S/C13H13NO3S2/c15-12(16)11-9(7-19-13-14-5-6-18-13)8-3-1-2-4-10(8)17-11/h1-4,13-14H,5-7H2,(H,15,16). The summed E-state index contributed by atoms with van der Waals surface area (Å²) in [5, 5.41) is 13.5. The lowest BCUT2D eigenvalue weighted by molar-refractivity contribution is 0.0664. The molecule has 0 radical (unpaired) electrons. The number of carbonyl (C=O) groups is 1. The van der Waals surface area contributed by atoms with E-state index in [0.29, 0.717) is 16.0 Å². The maximum Gasteiger partial charge on any atom is 0.372 e. The van der Waals surface area contributed by atoms with Crippen molar-refractivity contribution in [3.63, 3.8) is 0 Å². The topological polar surface area (TPSA) is 62.5 Å². The molecule has 0 amide bonds. The zero-order valence-corrected chi connectivity index (χ0v) is 11.7. The van der Waals surface area contributed by atoms with E-state index in [1.54, 1.807) is 17.8 Å². The predicted molar refractivity (Wildman–Crippen MR) is 78.7 cm³/mol. The monoisotopic (exact) mass is 295 g/mol. The van der Waals surface area contributed by atoms with Gasteiger partial charge in [0.25, 0.3) is 0 Å². The summed E-state index contributed by atoms with van der Waals surface area (Å²) in [6, 6.07) is 7.47. The van der Waals surface area contributed by atoms with E-state index < -0.39 is 5.97 Å². The largest absolute Gasteiger partial charge is 0.475 e. The molecular weight excluding hydrogens is 282 g/mol. The first kappa shape index (κ1) is 12.9. The van der Waals surface area contributed by atoms with Crippen molar-refractivity contribution in [3.05, 3.63) is 35.6 Å². The molecule has 1 aliphatic heterocycles. The molecule has 1 aliphatic rings. The van der Waals surface area contributed by atoms with Crippen molar-refractivity contribution < 1.29 is 14.3 Å². The third-order valence-electron chi connectivity index (χ3n) is 2.95. The van der Waals surface area contributed by atoms with Gasteiger partial charge in [-0.15, -0.1) is 23.5 Å². The fourth-order valence-corrected chi connectivity index (χ4v) is 4.49. The Morgan fingerprint density at radius 1 is 1.53 bits per heavy atom. The first-order valence-corrected chi connectivity index (χ1v) is 8.06. The molecule has 100 valence electrons. The van der Waals surface area contributed by atoms with Crippen LogP contribution in [-0.4, -0.2) is 28.1 Å². The Balaban J connectivity index is 1.90. The number of benzene rings is 1. The molecule has 2 N–H and O–H groups in total. The highest BCUT2D eigenvalue weighted by atomic mass is 32.2. The quantitative estimate of drug-likeness (QED) is 0.904. The number of rotatable bonds is 4. The molecule has 2 heterocycles. The van der Waals surface area contributed by atoms with Crippen molar-refractivity contribution in [2.24, 2.45) is 0 Å². The van der Waals surface area contributed by atoms with Gasteiger partial charge in [0.15, 0.2) is 0 Å². The normalized spacial score (nSPS) is 19.1. The van der Waals surface area contributed by atoms with Crippen molar-refractivity contribution in [2.75, 3.05) is 12.3 Å². The van der Waals surface area contributed by atoms with E-state index in [1.165, 1.54) is 0 Å². The van der Waals surface area contributed by atoms with Crippen LogP contribution in [0, 0.1) is 0 Å². The number of furan rings is 1. The third kappa shape index (κ3) is 2.61. The zero-order chi connectivity index (χ0) is 13.2. The molecule has 0 saturated carbocycles. The van der Waals surface area contributed by atoms with Crippen LogP contribution in [0.1, 0.15) is 16.1 Å². The van der Waals surface area contributed by atoms with Crippen LogP contribution in [0.3, 0.4) is 0 Å². The number of hydrogen-bond acceptors (Lipinski definition) is 5. The molecular formula is C13H13NO3S2. The summed E-state index contributed by atoms with van der Waals surface area (Å²) in [5.74, 6) is 0.814. The number of nitrogens with one attached hydrogen (secondary N) is 1. The molecule has 0 aliphatic carbocycles. The minimum absolute atomic E-state index is 0.0664. The molecule has 1 atom stereocenters. The molecule has 4 nitrogen and oxygen atoms in total. The molecule has 2 aromatic rings. The van der Waals surface area contributed by atoms with Gasteiger partial charge in [-0.2, -0.15) is 0 Å². The lowest BCUT2D eigenvalue weighted by atomic mass is 10.1. The maximum atomic E-state index is 11.3. The molecule has 1 aromatic heterocycles. The van der Waals surface area contributed by atoms with Crippen molar-refractivity contribution in [1.82, 2.24) is 5.32 Å². The Hall–Kier alpha value is -1.11. The van der Waals surface area contributed by atoms with E-state index in [4.69, 9.17) is 4.42 Å². The van der Waals surface area contributed by atoms with Crippen LogP contribution in [0.5, 0.6) is 0 Å². The van der Waals surface area contributed by atoms with Gasteiger partial charge >= 0.3 is 5.97 Å². The second kappa shape index (κ2) is 5.48. The maximum absolute atomic E-state index is 11.3. The van der Waals surface area contributed by atoms with Crippen molar-refractivity contribution in [2.45, 2.75) is 10.5 Å². The Morgan fingerprint density at radius 2 is 2.37 bits per heavy atom. The Bertz CT molecular complexity index is 605. The number of carboxylic acids is 1. The summed E-state index contributed by atoms with van der Waals surface area (Å²) in [6.45, 7) is 1.01. The molecule has 19 heavy (non-hydrogen) atoms. The molecule has 0 bridgehead atoms. The molecule has 1 saturated heterocycles. The number of aromatic carboxylic acids is 1. The summed E-state index contributed by atoms with van der Waals surface area (Å²) in [6.07, 6.45) is 0. The average molecular weight is 295 g/mol. The third-order valence-corrected chi connectivity index (χ3v) is 5.60. The van der Waals surface area contributed by atoms with Crippen molar-refractivity contribution in [3.8, 4) is 0 Å². The van der Waals surface area contributed by atoms with Gasteiger partial charge in [0.1, 0.15) is 10.3 Å². The van der Waals surface area contributed by atoms with E-state index in [9.17, 15) is 9.90 Å². The second-order valence-corrected chi connectivity index (χ2v) is 6.78. The van der Waals surface area contributed by atoms with Gasteiger partial charge in [-0.1, -0.05) is 18.2 Å². The van der Waals surface area contributed by atoms with Crippen LogP contribution < -0.4 is 5.32 Å².